The molecule has 6 aromatic carbocycles. The Bertz CT molecular complexity index is 2240. The number of aromatic nitrogens is 2. The van der Waals surface area contributed by atoms with Gasteiger partial charge >= 0.3 is 0 Å². The van der Waals surface area contributed by atoms with E-state index in [0.29, 0.717) is 0 Å². The predicted molar refractivity (Wildman–Crippen MR) is 163 cm³/mol. The van der Waals surface area contributed by atoms with Crippen LogP contribution in [0.4, 0.5) is 0 Å². The molecule has 0 fully saturated rings. The number of para-hydroxylation sites is 1. The first-order valence-corrected chi connectivity index (χ1v) is 13.4. The molecule has 2 aromatic heterocycles. The maximum Gasteiger partial charge on any atom is 0.0548 e. The highest BCUT2D eigenvalue weighted by Crippen LogP contribution is 2.49. The maximum absolute atomic E-state index is 4.44. The molecular weight excluding hydrogens is 472 g/mol. The fraction of sp³-hybridized carbons (Fsp3) is 0. The molecule has 0 aliphatic heterocycles. The summed E-state index contributed by atoms with van der Waals surface area (Å²) < 4.78 is 2.38. The van der Waals surface area contributed by atoms with Crippen LogP contribution in [0.25, 0.3) is 82.4 Å². The lowest BCUT2D eigenvalue weighted by Crippen LogP contribution is -1.94. The highest BCUT2D eigenvalue weighted by Gasteiger charge is 2.22. The highest BCUT2D eigenvalue weighted by molar-refractivity contribution is 6.21. The van der Waals surface area contributed by atoms with Gasteiger partial charge in [0.2, 0.25) is 0 Å². The monoisotopic (exact) mass is 494 g/mol. The second-order valence-electron chi connectivity index (χ2n) is 10.4. The van der Waals surface area contributed by atoms with Crippen LogP contribution in [0.15, 0.2) is 134 Å². The minimum atomic E-state index is 1.16. The van der Waals surface area contributed by atoms with Crippen LogP contribution in [-0.4, -0.2) is 9.55 Å². The van der Waals surface area contributed by atoms with Crippen LogP contribution in [0.3, 0.4) is 0 Å². The number of hydrogen-bond donors (Lipinski definition) is 0. The second kappa shape index (κ2) is 7.66. The van der Waals surface area contributed by atoms with Crippen molar-refractivity contribution in [1.82, 2.24) is 9.55 Å². The molecule has 39 heavy (non-hydrogen) atoms. The SMILES string of the molecule is c1ccc2c(c1)-c1cccc3c(-c4ccc(-n5c6ccccc6c6c7cnccc7ccc65)cc4)ccc-2c13. The number of hydrogen-bond acceptors (Lipinski definition) is 1. The van der Waals surface area contributed by atoms with Crippen LogP contribution < -0.4 is 0 Å². The number of fused-ring (bicyclic) bond motifs is 8. The van der Waals surface area contributed by atoms with Crippen LogP contribution in [0, 0.1) is 0 Å². The van der Waals surface area contributed by atoms with E-state index in [4.69, 9.17) is 0 Å². The van der Waals surface area contributed by atoms with E-state index in [1.165, 1.54) is 76.7 Å². The Labute approximate surface area is 225 Å². The first kappa shape index (κ1) is 20.8. The van der Waals surface area contributed by atoms with Gasteiger partial charge in [-0.05, 0) is 79.9 Å². The van der Waals surface area contributed by atoms with Crippen molar-refractivity contribution in [3.05, 3.63) is 134 Å². The van der Waals surface area contributed by atoms with Crippen molar-refractivity contribution >= 4 is 43.4 Å². The van der Waals surface area contributed by atoms with Gasteiger partial charge in [-0.15, -0.1) is 0 Å². The molecule has 0 bridgehead atoms. The van der Waals surface area contributed by atoms with E-state index in [9.17, 15) is 0 Å². The average Bonchev–Trinajstić information content (AvgIpc) is 3.52. The van der Waals surface area contributed by atoms with Gasteiger partial charge in [0.25, 0.3) is 0 Å². The van der Waals surface area contributed by atoms with Crippen molar-refractivity contribution in [2.75, 3.05) is 0 Å². The smallest absolute Gasteiger partial charge is 0.0548 e. The maximum atomic E-state index is 4.44. The molecule has 0 radical (unpaired) electrons. The summed E-state index contributed by atoms with van der Waals surface area (Å²) in [5.74, 6) is 0. The van der Waals surface area contributed by atoms with Gasteiger partial charge in [0, 0.05) is 34.2 Å². The van der Waals surface area contributed by atoms with E-state index in [0.717, 1.165) is 5.69 Å². The zero-order valence-electron chi connectivity index (χ0n) is 21.1. The van der Waals surface area contributed by atoms with Crippen molar-refractivity contribution in [3.63, 3.8) is 0 Å². The van der Waals surface area contributed by atoms with Crippen LogP contribution in [0.2, 0.25) is 0 Å². The lowest BCUT2D eigenvalue weighted by atomic mass is 9.94. The zero-order valence-corrected chi connectivity index (χ0v) is 21.1. The van der Waals surface area contributed by atoms with Gasteiger partial charge < -0.3 is 4.57 Å². The Hall–Kier alpha value is -5.21. The Morgan fingerprint density at radius 1 is 0.436 bits per heavy atom. The molecule has 2 heterocycles. The van der Waals surface area contributed by atoms with Crippen LogP contribution in [0.5, 0.6) is 0 Å². The van der Waals surface area contributed by atoms with E-state index in [1.807, 2.05) is 12.4 Å². The van der Waals surface area contributed by atoms with E-state index in [1.54, 1.807) is 0 Å². The first-order chi connectivity index (χ1) is 19.4. The Morgan fingerprint density at radius 2 is 1.15 bits per heavy atom. The van der Waals surface area contributed by atoms with Crippen LogP contribution in [0.1, 0.15) is 0 Å². The topological polar surface area (TPSA) is 17.8 Å². The number of pyridine rings is 1. The van der Waals surface area contributed by atoms with Crippen molar-refractivity contribution in [2.45, 2.75) is 0 Å². The standard InChI is InChI=1S/C37H22N2/c1-2-7-28-27(6-1)30-10-5-9-29-26(17-18-31(28)36(29)30)23-12-15-25(16-13-23)39-34-11-4-3-8-32(34)37-33-22-38-21-20-24(33)14-19-35(37)39/h1-22H. The highest BCUT2D eigenvalue weighted by atomic mass is 15.0. The average molecular weight is 495 g/mol. The predicted octanol–water partition coefficient (Wildman–Crippen LogP) is 9.80. The normalized spacial score (nSPS) is 12.1. The third-order valence-corrected chi connectivity index (χ3v) is 8.44. The van der Waals surface area contributed by atoms with Crippen molar-refractivity contribution in [2.24, 2.45) is 0 Å². The van der Waals surface area contributed by atoms with Crippen LogP contribution >= 0.6 is 0 Å². The number of benzene rings is 6. The molecule has 1 aliphatic carbocycles. The molecule has 0 N–H and O–H groups in total. The minimum absolute atomic E-state index is 1.16. The summed E-state index contributed by atoms with van der Waals surface area (Å²) >= 11 is 0. The Balaban J connectivity index is 1.24. The fourth-order valence-corrected chi connectivity index (χ4v) is 6.76. The molecule has 8 aromatic rings. The van der Waals surface area contributed by atoms with Gasteiger partial charge in [-0.2, -0.15) is 0 Å². The fourth-order valence-electron chi connectivity index (χ4n) is 6.76. The first-order valence-electron chi connectivity index (χ1n) is 13.4. The molecule has 2 heteroatoms. The lowest BCUT2D eigenvalue weighted by Gasteiger charge is -2.12. The molecule has 9 rings (SSSR count). The van der Waals surface area contributed by atoms with Crippen LogP contribution in [-0.2, 0) is 0 Å². The van der Waals surface area contributed by atoms with E-state index >= 15 is 0 Å². The van der Waals surface area contributed by atoms with Gasteiger partial charge in [-0.1, -0.05) is 91.0 Å². The van der Waals surface area contributed by atoms with E-state index in [2.05, 4.69) is 131 Å². The van der Waals surface area contributed by atoms with Gasteiger partial charge in [0.15, 0.2) is 0 Å². The molecule has 180 valence electrons. The number of rotatable bonds is 2. The third-order valence-electron chi connectivity index (χ3n) is 8.44. The Morgan fingerprint density at radius 3 is 2.03 bits per heavy atom. The lowest BCUT2D eigenvalue weighted by molar-refractivity contribution is 1.18. The van der Waals surface area contributed by atoms with E-state index in [-0.39, 0.29) is 0 Å². The summed E-state index contributed by atoms with van der Waals surface area (Å²) in [6, 6.07) is 44.3. The summed E-state index contributed by atoms with van der Waals surface area (Å²) in [5.41, 5.74) is 11.4. The zero-order chi connectivity index (χ0) is 25.5. The quantitative estimate of drug-likeness (QED) is 0.234. The summed E-state index contributed by atoms with van der Waals surface area (Å²) in [7, 11) is 0. The molecule has 0 saturated heterocycles. The second-order valence-corrected chi connectivity index (χ2v) is 10.4. The molecule has 0 spiro atoms. The molecule has 0 amide bonds. The summed E-state index contributed by atoms with van der Waals surface area (Å²) in [6.07, 6.45) is 3.86. The van der Waals surface area contributed by atoms with Crippen molar-refractivity contribution in [3.8, 4) is 39.1 Å². The molecule has 0 unspecified atom stereocenters. The summed E-state index contributed by atoms with van der Waals surface area (Å²) in [6.45, 7) is 0. The van der Waals surface area contributed by atoms with Crippen molar-refractivity contribution in [1.29, 1.82) is 0 Å². The summed E-state index contributed by atoms with van der Waals surface area (Å²) in [5, 5.41) is 7.59. The minimum Gasteiger partial charge on any atom is -0.309 e. The van der Waals surface area contributed by atoms with Gasteiger partial charge in [-0.3, -0.25) is 4.98 Å². The largest absolute Gasteiger partial charge is 0.309 e. The van der Waals surface area contributed by atoms with Gasteiger partial charge in [0.05, 0.1) is 11.0 Å². The molecule has 0 saturated carbocycles. The van der Waals surface area contributed by atoms with E-state index < -0.39 is 0 Å². The summed E-state index contributed by atoms with van der Waals surface area (Å²) in [4.78, 5) is 4.44. The third kappa shape index (κ3) is 2.78. The van der Waals surface area contributed by atoms with Gasteiger partial charge in [0.1, 0.15) is 0 Å². The molecule has 0 atom stereocenters. The molecular formula is C37H22N2. The van der Waals surface area contributed by atoms with Crippen molar-refractivity contribution < 1.29 is 0 Å². The number of nitrogens with zero attached hydrogens (tertiary/aromatic N) is 2. The molecule has 1 aliphatic rings. The van der Waals surface area contributed by atoms with Gasteiger partial charge in [-0.25, -0.2) is 0 Å². The Kier molecular flexibility index (Phi) is 4.08. The molecule has 2 nitrogen and oxygen atoms in total.